The third kappa shape index (κ3) is 4.77. The first-order valence-electron chi connectivity index (χ1n) is 7.06. The number of ether oxygens (including phenoxy) is 1. The maximum Gasteiger partial charge on any atom is 0.225 e. The average molecular weight is 332 g/mol. The predicted octanol–water partition coefficient (Wildman–Crippen LogP) is 2.99. The zero-order valence-corrected chi connectivity index (χ0v) is 13.2. The fraction of sp³-hybridized carbons (Fsp3) is 0.533. The van der Waals surface area contributed by atoms with Gasteiger partial charge in [-0.25, -0.2) is 0 Å². The molecule has 1 aliphatic heterocycles. The molecule has 1 amide bonds. The van der Waals surface area contributed by atoms with Crippen molar-refractivity contribution in [3.05, 3.63) is 28.2 Å². The third-order valence-corrected chi connectivity index (χ3v) is 4.44. The Morgan fingerprint density at radius 3 is 2.62 bits per heavy atom. The summed E-state index contributed by atoms with van der Waals surface area (Å²) < 4.78 is 5.52. The molecule has 0 radical (unpaired) electrons. The van der Waals surface area contributed by atoms with Crippen molar-refractivity contribution in [3.63, 3.8) is 0 Å². The molecule has 0 aromatic heterocycles. The lowest BCUT2D eigenvalue weighted by Gasteiger charge is -2.31. The van der Waals surface area contributed by atoms with Gasteiger partial charge in [0.1, 0.15) is 5.75 Å². The van der Waals surface area contributed by atoms with Gasteiger partial charge in [-0.05, 0) is 30.9 Å². The molecule has 0 aliphatic carbocycles. The Bertz CT molecular complexity index is 488. The van der Waals surface area contributed by atoms with Crippen LogP contribution in [0.5, 0.6) is 5.75 Å². The first-order chi connectivity index (χ1) is 10.1. The zero-order chi connectivity index (χ0) is 15.2. The minimum absolute atomic E-state index is 0.0893. The van der Waals surface area contributed by atoms with E-state index in [-0.39, 0.29) is 12.5 Å². The Labute approximate surface area is 134 Å². The molecule has 1 heterocycles. The maximum atomic E-state index is 12.0. The largest absolute Gasteiger partial charge is 0.493 e. The molecule has 1 N–H and O–H groups in total. The number of rotatable bonds is 5. The van der Waals surface area contributed by atoms with Gasteiger partial charge in [0.2, 0.25) is 5.91 Å². The van der Waals surface area contributed by atoms with Gasteiger partial charge < -0.3 is 14.7 Å². The van der Waals surface area contributed by atoms with Crippen LogP contribution in [0.3, 0.4) is 0 Å². The van der Waals surface area contributed by atoms with Crippen LogP contribution in [0.2, 0.25) is 10.0 Å². The van der Waals surface area contributed by atoms with Crippen LogP contribution < -0.4 is 4.74 Å². The van der Waals surface area contributed by atoms with E-state index in [1.54, 1.807) is 18.2 Å². The number of carbonyl (C=O) groups is 1. The van der Waals surface area contributed by atoms with Crippen LogP contribution in [-0.2, 0) is 4.79 Å². The van der Waals surface area contributed by atoms with Crippen LogP contribution in [0, 0.1) is 5.92 Å². The standard InChI is InChI=1S/C15H19Cl2NO3/c16-13-2-1-12(9-14(13)17)21-8-5-15(20)18-6-3-11(10-19)4-7-18/h1-2,9,11,19H,3-8,10H2. The van der Waals surface area contributed by atoms with Crippen molar-refractivity contribution in [2.75, 3.05) is 26.3 Å². The highest BCUT2D eigenvalue weighted by Crippen LogP contribution is 2.26. The molecule has 1 fully saturated rings. The van der Waals surface area contributed by atoms with E-state index in [2.05, 4.69) is 0 Å². The fourth-order valence-corrected chi connectivity index (χ4v) is 2.63. The summed E-state index contributed by atoms with van der Waals surface area (Å²) in [5.74, 6) is 1.03. The lowest BCUT2D eigenvalue weighted by molar-refractivity contribution is -0.133. The molecule has 1 saturated heterocycles. The van der Waals surface area contributed by atoms with E-state index in [0.29, 0.717) is 34.7 Å². The van der Waals surface area contributed by atoms with Crippen LogP contribution in [0.25, 0.3) is 0 Å². The van der Waals surface area contributed by atoms with Gasteiger partial charge >= 0.3 is 0 Å². The van der Waals surface area contributed by atoms with Crippen LogP contribution in [0.1, 0.15) is 19.3 Å². The fourth-order valence-electron chi connectivity index (χ4n) is 2.35. The van der Waals surface area contributed by atoms with E-state index in [1.165, 1.54) is 0 Å². The van der Waals surface area contributed by atoms with Crippen molar-refractivity contribution in [1.29, 1.82) is 0 Å². The summed E-state index contributed by atoms with van der Waals surface area (Å²) in [7, 11) is 0. The lowest BCUT2D eigenvalue weighted by atomic mass is 9.98. The van der Waals surface area contributed by atoms with Gasteiger partial charge in [-0.15, -0.1) is 0 Å². The maximum absolute atomic E-state index is 12.0. The normalized spacial score (nSPS) is 16.0. The van der Waals surface area contributed by atoms with Gasteiger partial charge in [0, 0.05) is 25.8 Å². The molecular weight excluding hydrogens is 313 g/mol. The van der Waals surface area contributed by atoms with Gasteiger partial charge in [0.05, 0.1) is 23.1 Å². The Balaban J connectivity index is 1.73. The number of aliphatic hydroxyl groups excluding tert-OH is 1. The average Bonchev–Trinajstić information content (AvgIpc) is 2.51. The highest BCUT2D eigenvalue weighted by Gasteiger charge is 2.21. The molecule has 0 saturated carbocycles. The summed E-state index contributed by atoms with van der Waals surface area (Å²) in [6.45, 7) is 1.97. The topological polar surface area (TPSA) is 49.8 Å². The second kappa shape index (κ2) is 7.87. The summed E-state index contributed by atoms with van der Waals surface area (Å²) in [4.78, 5) is 13.9. The first-order valence-corrected chi connectivity index (χ1v) is 7.82. The number of hydrogen-bond donors (Lipinski definition) is 1. The molecule has 21 heavy (non-hydrogen) atoms. The summed E-state index contributed by atoms with van der Waals surface area (Å²) in [5.41, 5.74) is 0. The number of carbonyl (C=O) groups excluding carboxylic acids is 1. The predicted molar refractivity (Wildman–Crippen MR) is 83.0 cm³/mol. The third-order valence-electron chi connectivity index (χ3n) is 3.70. The highest BCUT2D eigenvalue weighted by atomic mass is 35.5. The molecular formula is C15H19Cl2NO3. The van der Waals surface area contributed by atoms with Crippen molar-refractivity contribution in [2.45, 2.75) is 19.3 Å². The number of piperidine rings is 1. The van der Waals surface area contributed by atoms with Crippen molar-refractivity contribution < 1.29 is 14.6 Å². The van der Waals surface area contributed by atoms with Crippen molar-refractivity contribution in [3.8, 4) is 5.75 Å². The molecule has 0 bridgehead atoms. The number of amides is 1. The molecule has 1 aromatic rings. The van der Waals surface area contributed by atoms with Crippen LogP contribution in [-0.4, -0.2) is 42.2 Å². The Hall–Kier alpha value is -0.970. The monoisotopic (exact) mass is 331 g/mol. The molecule has 2 rings (SSSR count). The van der Waals surface area contributed by atoms with Crippen LogP contribution in [0.4, 0.5) is 0 Å². The Morgan fingerprint density at radius 1 is 1.29 bits per heavy atom. The van der Waals surface area contributed by atoms with Crippen molar-refractivity contribution in [2.24, 2.45) is 5.92 Å². The first kappa shape index (κ1) is 16.4. The number of benzene rings is 1. The molecule has 0 unspecified atom stereocenters. The summed E-state index contributed by atoms with van der Waals surface area (Å²) in [6, 6.07) is 5.03. The molecule has 6 heteroatoms. The van der Waals surface area contributed by atoms with E-state index in [0.717, 1.165) is 25.9 Å². The number of nitrogens with zero attached hydrogens (tertiary/aromatic N) is 1. The van der Waals surface area contributed by atoms with Crippen molar-refractivity contribution >= 4 is 29.1 Å². The van der Waals surface area contributed by atoms with E-state index in [4.69, 9.17) is 33.0 Å². The highest BCUT2D eigenvalue weighted by molar-refractivity contribution is 6.42. The minimum atomic E-state index is 0.0893. The summed E-state index contributed by atoms with van der Waals surface area (Å²) in [6.07, 6.45) is 2.08. The van der Waals surface area contributed by atoms with Gasteiger partial charge in [0.15, 0.2) is 0 Å². The number of aliphatic hydroxyl groups is 1. The molecule has 0 atom stereocenters. The van der Waals surface area contributed by atoms with E-state index >= 15 is 0 Å². The Kier molecular flexibility index (Phi) is 6.15. The molecule has 116 valence electrons. The second-order valence-corrected chi connectivity index (χ2v) is 6.00. The quantitative estimate of drug-likeness (QED) is 0.902. The minimum Gasteiger partial charge on any atom is -0.493 e. The van der Waals surface area contributed by atoms with Crippen molar-refractivity contribution in [1.82, 2.24) is 4.90 Å². The molecule has 4 nitrogen and oxygen atoms in total. The van der Waals surface area contributed by atoms with Crippen LogP contribution >= 0.6 is 23.2 Å². The molecule has 1 aromatic carbocycles. The van der Waals surface area contributed by atoms with Gasteiger partial charge in [-0.2, -0.15) is 0 Å². The van der Waals surface area contributed by atoms with Gasteiger partial charge in [-0.3, -0.25) is 4.79 Å². The van der Waals surface area contributed by atoms with Gasteiger partial charge in [-0.1, -0.05) is 23.2 Å². The Morgan fingerprint density at radius 2 is 2.00 bits per heavy atom. The number of likely N-dealkylation sites (tertiary alicyclic amines) is 1. The SMILES string of the molecule is O=C(CCOc1ccc(Cl)c(Cl)c1)N1CCC(CO)CC1. The smallest absolute Gasteiger partial charge is 0.225 e. The molecule has 0 spiro atoms. The van der Waals surface area contributed by atoms with E-state index < -0.39 is 0 Å². The zero-order valence-electron chi connectivity index (χ0n) is 11.7. The van der Waals surface area contributed by atoms with E-state index in [1.807, 2.05) is 4.90 Å². The van der Waals surface area contributed by atoms with Gasteiger partial charge in [0.25, 0.3) is 0 Å². The van der Waals surface area contributed by atoms with E-state index in [9.17, 15) is 4.79 Å². The summed E-state index contributed by atoms with van der Waals surface area (Å²) >= 11 is 11.7. The second-order valence-electron chi connectivity index (χ2n) is 5.18. The lowest BCUT2D eigenvalue weighted by Crippen LogP contribution is -2.39. The number of halogens is 2. The molecule has 1 aliphatic rings. The number of hydrogen-bond acceptors (Lipinski definition) is 3. The summed E-state index contributed by atoms with van der Waals surface area (Å²) in [5, 5.41) is 10.00. The van der Waals surface area contributed by atoms with Crippen LogP contribution in [0.15, 0.2) is 18.2 Å².